The Morgan fingerprint density at radius 2 is 1.84 bits per heavy atom. The second-order valence-corrected chi connectivity index (χ2v) is 6.72. The molecule has 3 rings (SSSR count). The molecule has 1 aromatic carbocycles. The Bertz CT molecular complexity index is 690. The van der Waals surface area contributed by atoms with Crippen LogP contribution in [-0.4, -0.2) is 23.6 Å². The molecular formula is C20H24N2O3. The number of alkyl carbamates (subject to hydrolysis) is 1. The standard InChI is InChI=1S/C20H24N2O3/c21-18(23)20(25-19(24)22-17-11-5-2-6-12-17)13-7-10-16(14-20)15-8-3-1-4-9-15/h1,3-4,7-10,13,17H,2,5-6,11-12,14H2,(H2,21,23)(H,22,24). The second kappa shape index (κ2) is 7.55. The number of carbonyl (C=O) groups is 2. The van der Waals surface area contributed by atoms with E-state index in [1.807, 2.05) is 36.4 Å². The van der Waals surface area contributed by atoms with Crippen molar-refractivity contribution in [3.05, 3.63) is 54.1 Å². The number of primary amides is 1. The quantitative estimate of drug-likeness (QED) is 0.882. The third-order valence-electron chi connectivity index (χ3n) is 4.88. The van der Waals surface area contributed by atoms with Gasteiger partial charge in [-0.05, 0) is 30.1 Å². The molecule has 2 aliphatic carbocycles. The van der Waals surface area contributed by atoms with Crippen molar-refractivity contribution >= 4 is 17.6 Å². The molecule has 0 aliphatic heterocycles. The van der Waals surface area contributed by atoms with Gasteiger partial charge in [0.2, 0.25) is 5.60 Å². The first-order chi connectivity index (χ1) is 12.1. The first-order valence-electron chi connectivity index (χ1n) is 8.82. The summed E-state index contributed by atoms with van der Waals surface area (Å²) >= 11 is 0. The lowest BCUT2D eigenvalue weighted by molar-refractivity contribution is -0.131. The molecule has 0 bridgehead atoms. The minimum Gasteiger partial charge on any atom is -0.428 e. The third kappa shape index (κ3) is 4.10. The van der Waals surface area contributed by atoms with Crippen molar-refractivity contribution in [3.8, 4) is 0 Å². The zero-order valence-electron chi connectivity index (χ0n) is 14.2. The second-order valence-electron chi connectivity index (χ2n) is 6.72. The molecule has 25 heavy (non-hydrogen) atoms. The van der Waals surface area contributed by atoms with E-state index in [9.17, 15) is 9.59 Å². The Kier molecular flexibility index (Phi) is 5.22. The minimum atomic E-state index is -1.45. The molecule has 1 atom stereocenters. The number of amides is 2. The van der Waals surface area contributed by atoms with Crippen LogP contribution in [0, 0.1) is 0 Å². The van der Waals surface area contributed by atoms with Gasteiger partial charge in [0.1, 0.15) is 0 Å². The topological polar surface area (TPSA) is 81.4 Å². The number of ether oxygens (including phenoxy) is 1. The Morgan fingerprint density at radius 1 is 1.12 bits per heavy atom. The number of carbonyl (C=O) groups excluding carboxylic acids is 2. The van der Waals surface area contributed by atoms with E-state index >= 15 is 0 Å². The molecule has 0 aromatic heterocycles. The molecule has 0 heterocycles. The summed E-state index contributed by atoms with van der Waals surface area (Å²) in [5.41, 5.74) is 6.05. The molecule has 2 aliphatic rings. The smallest absolute Gasteiger partial charge is 0.408 e. The third-order valence-corrected chi connectivity index (χ3v) is 4.88. The first kappa shape index (κ1) is 17.3. The van der Waals surface area contributed by atoms with Crippen LogP contribution < -0.4 is 11.1 Å². The largest absolute Gasteiger partial charge is 0.428 e. The Morgan fingerprint density at radius 3 is 2.52 bits per heavy atom. The van der Waals surface area contributed by atoms with Gasteiger partial charge in [-0.1, -0.05) is 61.7 Å². The van der Waals surface area contributed by atoms with Crippen molar-refractivity contribution in [1.82, 2.24) is 5.32 Å². The van der Waals surface area contributed by atoms with E-state index in [2.05, 4.69) is 5.32 Å². The van der Waals surface area contributed by atoms with E-state index in [-0.39, 0.29) is 12.5 Å². The molecule has 3 N–H and O–H groups in total. The SMILES string of the molecule is NC(=O)C1(OC(=O)NC2CCCCC2)C=CC=C(c2ccccc2)C1. The highest BCUT2D eigenvalue weighted by molar-refractivity contribution is 5.92. The van der Waals surface area contributed by atoms with Crippen LogP contribution in [-0.2, 0) is 9.53 Å². The Balaban J connectivity index is 1.72. The summed E-state index contributed by atoms with van der Waals surface area (Å²) < 4.78 is 5.54. The molecule has 0 spiro atoms. The molecule has 5 nitrogen and oxygen atoms in total. The molecule has 1 saturated carbocycles. The van der Waals surface area contributed by atoms with Gasteiger partial charge in [-0.2, -0.15) is 0 Å². The Hall–Kier alpha value is -2.56. The first-order valence-corrected chi connectivity index (χ1v) is 8.82. The number of nitrogens with two attached hydrogens (primary N) is 1. The van der Waals surface area contributed by atoms with E-state index in [4.69, 9.17) is 10.5 Å². The zero-order chi connectivity index (χ0) is 17.7. The maximum atomic E-state index is 12.3. The fourth-order valence-corrected chi connectivity index (χ4v) is 3.47. The number of allylic oxidation sites excluding steroid dienone is 2. The predicted octanol–water partition coefficient (Wildman–Crippen LogP) is 3.31. The van der Waals surface area contributed by atoms with Crippen molar-refractivity contribution in [1.29, 1.82) is 0 Å². The van der Waals surface area contributed by atoms with Crippen molar-refractivity contribution in [2.24, 2.45) is 5.73 Å². The minimum absolute atomic E-state index is 0.114. The van der Waals surface area contributed by atoms with E-state index in [0.29, 0.717) is 0 Å². The van der Waals surface area contributed by atoms with E-state index in [1.165, 1.54) is 6.42 Å². The number of nitrogens with one attached hydrogen (secondary N) is 1. The van der Waals surface area contributed by atoms with Gasteiger partial charge in [-0.25, -0.2) is 4.79 Å². The summed E-state index contributed by atoms with van der Waals surface area (Å²) in [5.74, 6) is -0.663. The lowest BCUT2D eigenvalue weighted by Crippen LogP contribution is -2.50. The summed E-state index contributed by atoms with van der Waals surface area (Å²) in [6, 6.07) is 9.81. The molecule has 0 radical (unpaired) electrons. The van der Waals surface area contributed by atoms with Crippen molar-refractivity contribution in [2.45, 2.75) is 50.2 Å². The van der Waals surface area contributed by atoms with Gasteiger partial charge in [0.05, 0.1) is 0 Å². The normalized spacial score (nSPS) is 23.6. The van der Waals surface area contributed by atoms with Crippen LogP contribution in [0.2, 0.25) is 0 Å². The fourth-order valence-electron chi connectivity index (χ4n) is 3.47. The van der Waals surface area contributed by atoms with Gasteiger partial charge >= 0.3 is 6.09 Å². The van der Waals surface area contributed by atoms with Crippen molar-refractivity contribution < 1.29 is 14.3 Å². The van der Waals surface area contributed by atoms with Crippen LogP contribution in [0.1, 0.15) is 44.1 Å². The average Bonchev–Trinajstić information content (AvgIpc) is 2.63. The highest BCUT2D eigenvalue weighted by Gasteiger charge is 2.41. The van der Waals surface area contributed by atoms with Crippen LogP contribution in [0.3, 0.4) is 0 Å². The maximum Gasteiger partial charge on any atom is 0.408 e. The average molecular weight is 340 g/mol. The van der Waals surface area contributed by atoms with Gasteiger partial charge in [0.15, 0.2) is 0 Å². The number of rotatable bonds is 4. The van der Waals surface area contributed by atoms with Gasteiger partial charge in [-0.3, -0.25) is 4.79 Å². The lowest BCUT2D eigenvalue weighted by atomic mass is 9.85. The fraction of sp³-hybridized carbons (Fsp3) is 0.400. The van der Waals surface area contributed by atoms with Gasteiger partial charge in [0, 0.05) is 12.5 Å². The van der Waals surface area contributed by atoms with Gasteiger partial charge in [0.25, 0.3) is 5.91 Å². The molecule has 1 unspecified atom stereocenters. The molecular weight excluding hydrogens is 316 g/mol. The van der Waals surface area contributed by atoms with Crippen LogP contribution in [0.5, 0.6) is 0 Å². The summed E-state index contributed by atoms with van der Waals surface area (Å²) in [5, 5.41) is 2.88. The molecule has 1 fully saturated rings. The van der Waals surface area contributed by atoms with E-state index < -0.39 is 17.6 Å². The van der Waals surface area contributed by atoms with Gasteiger partial charge < -0.3 is 15.8 Å². The van der Waals surface area contributed by atoms with Crippen LogP contribution in [0.25, 0.3) is 5.57 Å². The molecule has 1 aromatic rings. The Labute approximate surface area is 147 Å². The maximum absolute atomic E-state index is 12.3. The van der Waals surface area contributed by atoms with Crippen molar-refractivity contribution in [3.63, 3.8) is 0 Å². The highest BCUT2D eigenvalue weighted by atomic mass is 16.6. The van der Waals surface area contributed by atoms with Crippen LogP contribution in [0.15, 0.2) is 48.6 Å². The van der Waals surface area contributed by atoms with Crippen LogP contribution >= 0.6 is 0 Å². The van der Waals surface area contributed by atoms with E-state index in [0.717, 1.165) is 36.8 Å². The molecule has 0 saturated heterocycles. The summed E-state index contributed by atoms with van der Waals surface area (Å²) in [6.45, 7) is 0. The van der Waals surface area contributed by atoms with Gasteiger partial charge in [-0.15, -0.1) is 0 Å². The zero-order valence-corrected chi connectivity index (χ0v) is 14.2. The van der Waals surface area contributed by atoms with E-state index in [1.54, 1.807) is 12.2 Å². The molecule has 5 heteroatoms. The summed E-state index contributed by atoms with van der Waals surface area (Å²) in [6.07, 6.45) is 10.2. The summed E-state index contributed by atoms with van der Waals surface area (Å²) in [7, 11) is 0. The predicted molar refractivity (Wildman–Crippen MR) is 96.6 cm³/mol. The summed E-state index contributed by atoms with van der Waals surface area (Å²) in [4.78, 5) is 24.5. The van der Waals surface area contributed by atoms with Crippen molar-refractivity contribution in [2.75, 3.05) is 0 Å². The molecule has 132 valence electrons. The monoisotopic (exact) mass is 340 g/mol. The number of hydrogen-bond donors (Lipinski definition) is 2. The van der Waals surface area contributed by atoms with Crippen LogP contribution in [0.4, 0.5) is 4.79 Å². The lowest BCUT2D eigenvalue weighted by Gasteiger charge is -2.32. The highest BCUT2D eigenvalue weighted by Crippen LogP contribution is 2.33. The molecule has 2 amide bonds. The number of hydrogen-bond acceptors (Lipinski definition) is 3. The number of benzene rings is 1.